The maximum absolute atomic E-state index is 2.33. The Labute approximate surface area is 109 Å². The van der Waals surface area contributed by atoms with Gasteiger partial charge in [0.2, 0.25) is 0 Å². The van der Waals surface area contributed by atoms with Crippen LogP contribution in [0.5, 0.6) is 0 Å². The van der Waals surface area contributed by atoms with E-state index in [4.69, 9.17) is 0 Å². The Morgan fingerprint density at radius 3 is 2.73 bits per heavy atom. The molecule has 0 saturated heterocycles. The first kappa shape index (κ1) is 13.0. The van der Waals surface area contributed by atoms with Crippen LogP contribution in [0.1, 0.15) is 25.1 Å². The van der Waals surface area contributed by atoms with E-state index in [0.29, 0.717) is 0 Å². The van der Waals surface area contributed by atoms with E-state index in [-0.39, 0.29) is 24.3 Å². The van der Waals surface area contributed by atoms with E-state index < -0.39 is 0 Å². The van der Waals surface area contributed by atoms with Gasteiger partial charge in [0.15, 0.2) is 0 Å². The van der Waals surface area contributed by atoms with Gasteiger partial charge in [0, 0.05) is 4.88 Å². The van der Waals surface area contributed by atoms with Crippen LogP contribution >= 0.6 is 11.3 Å². The van der Waals surface area contributed by atoms with Crippen LogP contribution in [-0.4, -0.2) is 0 Å². The van der Waals surface area contributed by atoms with Crippen molar-refractivity contribution in [2.75, 3.05) is 0 Å². The van der Waals surface area contributed by atoms with Gasteiger partial charge in [-0.3, -0.25) is 0 Å². The first-order valence-corrected chi connectivity index (χ1v) is 5.91. The molecule has 2 radical (unpaired) electrons. The molecule has 1 heterocycles. The Morgan fingerprint density at radius 1 is 1.47 bits per heavy atom. The number of allylic oxidation sites excluding steroid dienone is 2. The summed E-state index contributed by atoms with van der Waals surface area (Å²) in [4.78, 5) is 1.46. The molecule has 0 spiro atoms. The molecule has 0 aromatic carbocycles. The van der Waals surface area contributed by atoms with Crippen LogP contribution in [0, 0.1) is 19.3 Å². The molecular formula is C13H15LiS. The van der Waals surface area contributed by atoms with E-state index >= 15 is 0 Å². The Kier molecular flexibility index (Phi) is 4.58. The molecule has 1 aromatic heterocycles. The topological polar surface area (TPSA) is 0 Å². The van der Waals surface area contributed by atoms with Crippen molar-refractivity contribution in [2.24, 2.45) is 0 Å². The van der Waals surface area contributed by atoms with E-state index in [1.54, 1.807) is 0 Å². The summed E-state index contributed by atoms with van der Waals surface area (Å²) in [7, 11) is 0. The minimum Gasteiger partial charge on any atom is -0.225 e. The summed E-state index contributed by atoms with van der Waals surface area (Å²) in [6.45, 7) is 4.58. The van der Waals surface area contributed by atoms with Crippen molar-refractivity contribution >= 4 is 11.3 Å². The standard InChI is InChI=1S/C13H15S.Li/c1-3-13(2,11-7-4-5-8-11)12-9-6-10-14-12;/h4-10H,3H2,1-2H3;/q-1;+1. The van der Waals surface area contributed by atoms with Gasteiger partial charge in [-0.05, 0) is 23.3 Å². The van der Waals surface area contributed by atoms with Gasteiger partial charge in [-0.2, -0.15) is 0 Å². The second-order valence-electron chi connectivity index (χ2n) is 3.84. The summed E-state index contributed by atoms with van der Waals surface area (Å²) in [5, 5.41) is 2.16. The summed E-state index contributed by atoms with van der Waals surface area (Å²) in [5.41, 5.74) is 1.64. The second kappa shape index (κ2) is 5.30. The molecule has 1 aliphatic carbocycles. The molecule has 0 fully saturated rings. The normalized spacial score (nSPS) is 18.7. The van der Waals surface area contributed by atoms with Crippen molar-refractivity contribution in [1.82, 2.24) is 0 Å². The molecule has 0 N–H and O–H groups in total. The predicted molar refractivity (Wildman–Crippen MR) is 62.9 cm³/mol. The van der Waals surface area contributed by atoms with Crippen molar-refractivity contribution in [3.63, 3.8) is 0 Å². The zero-order chi connectivity index (χ0) is 10.0. The van der Waals surface area contributed by atoms with Crippen molar-refractivity contribution < 1.29 is 18.9 Å². The van der Waals surface area contributed by atoms with Gasteiger partial charge < -0.3 is 0 Å². The molecule has 2 rings (SSSR count). The van der Waals surface area contributed by atoms with E-state index in [1.807, 2.05) is 11.3 Å². The van der Waals surface area contributed by atoms with E-state index in [0.717, 1.165) is 6.42 Å². The molecule has 0 aliphatic heterocycles. The van der Waals surface area contributed by atoms with Crippen LogP contribution in [0.3, 0.4) is 0 Å². The third kappa shape index (κ3) is 2.36. The largest absolute Gasteiger partial charge is 1.00 e. The van der Waals surface area contributed by atoms with Gasteiger partial charge in [0.25, 0.3) is 0 Å². The molecular weight excluding hydrogens is 195 g/mol. The number of hydrogen-bond acceptors (Lipinski definition) is 1. The van der Waals surface area contributed by atoms with Gasteiger partial charge >= 0.3 is 18.9 Å². The van der Waals surface area contributed by atoms with Crippen molar-refractivity contribution in [2.45, 2.75) is 25.7 Å². The van der Waals surface area contributed by atoms with Gasteiger partial charge in [-0.15, -0.1) is 24.2 Å². The second-order valence-corrected chi connectivity index (χ2v) is 4.78. The fourth-order valence-electron chi connectivity index (χ4n) is 1.86. The Morgan fingerprint density at radius 2 is 2.27 bits per heavy atom. The molecule has 15 heavy (non-hydrogen) atoms. The number of thiophene rings is 1. The first-order chi connectivity index (χ1) is 6.77. The van der Waals surface area contributed by atoms with Gasteiger partial charge in [-0.25, -0.2) is 18.1 Å². The van der Waals surface area contributed by atoms with Crippen LogP contribution < -0.4 is 18.9 Å². The summed E-state index contributed by atoms with van der Waals surface area (Å²) in [5.74, 6) is 0. The quantitative estimate of drug-likeness (QED) is 0.515. The van der Waals surface area contributed by atoms with E-state index in [1.165, 1.54) is 10.5 Å². The molecule has 1 unspecified atom stereocenters. The smallest absolute Gasteiger partial charge is 0.225 e. The average molecular weight is 210 g/mol. The van der Waals surface area contributed by atoms with Crippen molar-refractivity contribution in [1.29, 1.82) is 0 Å². The summed E-state index contributed by atoms with van der Waals surface area (Å²) in [6, 6.07) is 4.37. The molecule has 0 nitrogen and oxygen atoms in total. The first-order valence-electron chi connectivity index (χ1n) is 5.03. The Hall–Kier alpha value is -0.0926. The van der Waals surface area contributed by atoms with E-state index in [9.17, 15) is 0 Å². The molecule has 0 saturated carbocycles. The van der Waals surface area contributed by atoms with Crippen LogP contribution in [0.15, 0.2) is 29.2 Å². The molecule has 0 bridgehead atoms. The van der Waals surface area contributed by atoms with Crippen LogP contribution in [-0.2, 0) is 5.41 Å². The van der Waals surface area contributed by atoms with Gasteiger partial charge in [-0.1, -0.05) is 19.9 Å². The monoisotopic (exact) mass is 210 g/mol. The number of hydrogen-bond donors (Lipinski definition) is 0. The van der Waals surface area contributed by atoms with Crippen LogP contribution in [0.4, 0.5) is 0 Å². The van der Waals surface area contributed by atoms with Crippen LogP contribution in [0.25, 0.3) is 0 Å². The maximum Gasteiger partial charge on any atom is 1.00 e. The number of rotatable bonds is 3. The predicted octanol–water partition coefficient (Wildman–Crippen LogP) is 0.973. The Balaban J connectivity index is 0.00000112. The third-order valence-electron chi connectivity index (χ3n) is 3.07. The van der Waals surface area contributed by atoms with Gasteiger partial charge in [0.05, 0.1) is 0 Å². The summed E-state index contributed by atoms with van der Waals surface area (Å²) < 4.78 is 0. The molecule has 74 valence electrons. The summed E-state index contributed by atoms with van der Waals surface area (Å²) >= 11 is 1.85. The van der Waals surface area contributed by atoms with Gasteiger partial charge in [0.1, 0.15) is 0 Å². The zero-order valence-electron chi connectivity index (χ0n) is 9.66. The average Bonchev–Trinajstić information content (AvgIpc) is 2.88. The van der Waals surface area contributed by atoms with Crippen molar-refractivity contribution in [3.8, 4) is 0 Å². The minimum absolute atomic E-state index is 0. The summed E-state index contributed by atoms with van der Waals surface area (Å²) in [6.07, 6.45) is 9.84. The van der Waals surface area contributed by atoms with E-state index in [2.05, 4.69) is 56.7 Å². The SMILES string of the molecule is CCC(C)(C1=C[CH][CH][CH-]1)c1cccs1.[Li+]. The molecule has 1 aliphatic rings. The third-order valence-corrected chi connectivity index (χ3v) is 4.21. The van der Waals surface area contributed by atoms with Crippen molar-refractivity contribution in [3.05, 3.63) is 53.3 Å². The zero-order valence-corrected chi connectivity index (χ0v) is 10.5. The molecule has 1 atom stereocenters. The minimum atomic E-state index is 0. The fraction of sp³-hybridized carbons (Fsp3) is 0.308. The molecule has 1 aromatic rings. The molecule has 2 heteroatoms. The maximum atomic E-state index is 2.33. The molecule has 0 amide bonds. The van der Waals surface area contributed by atoms with Crippen LogP contribution in [0.2, 0.25) is 0 Å². The fourth-order valence-corrected chi connectivity index (χ4v) is 2.84. The Bertz CT molecular complexity index is 326.